The molecule has 1 N–H and O–H groups in total. The standard InChI is InChI=1S/C19H31N/c1-15(2)14-19(10-5-6-11-19)18(20-4)13-17-9-7-8-16(3)12-17/h7-9,12,15,18,20H,5-6,10-11,13-14H2,1-4H3. The molecule has 1 aliphatic carbocycles. The van der Waals surface area contributed by atoms with Gasteiger partial charge in [0.2, 0.25) is 0 Å². The Morgan fingerprint density at radius 1 is 1.20 bits per heavy atom. The SMILES string of the molecule is CNC(Cc1cccc(C)c1)C1(CC(C)C)CCCC1. The number of hydrogen-bond donors (Lipinski definition) is 1. The van der Waals surface area contributed by atoms with Crippen molar-refractivity contribution in [3.8, 4) is 0 Å². The van der Waals surface area contributed by atoms with Crippen LogP contribution in [-0.4, -0.2) is 13.1 Å². The Balaban J connectivity index is 2.16. The molecule has 0 aliphatic heterocycles. The summed E-state index contributed by atoms with van der Waals surface area (Å²) in [5, 5.41) is 3.66. The van der Waals surface area contributed by atoms with Gasteiger partial charge in [0.05, 0.1) is 0 Å². The topological polar surface area (TPSA) is 12.0 Å². The number of nitrogens with one attached hydrogen (secondary N) is 1. The third-order valence-corrected chi connectivity index (χ3v) is 5.02. The Morgan fingerprint density at radius 3 is 2.45 bits per heavy atom. The number of benzene rings is 1. The van der Waals surface area contributed by atoms with Crippen molar-refractivity contribution in [2.75, 3.05) is 7.05 Å². The second-order valence-corrected chi connectivity index (χ2v) is 7.20. The van der Waals surface area contributed by atoms with E-state index in [1.54, 1.807) is 0 Å². The average Bonchev–Trinajstić information content (AvgIpc) is 2.84. The molecule has 0 bridgehead atoms. The lowest BCUT2D eigenvalue weighted by molar-refractivity contribution is 0.160. The molecule has 1 atom stereocenters. The van der Waals surface area contributed by atoms with Crippen molar-refractivity contribution < 1.29 is 0 Å². The number of rotatable bonds is 6. The van der Waals surface area contributed by atoms with Crippen LogP contribution < -0.4 is 5.32 Å². The summed E-state index contributed by atoms with van der Waals surface area (Å²) in [6, 6.07) is 9.64. The Kier molecular flexibility index (Phi) is 5.26. The molecule has 1 aromatic rings. The Hall–Kier alpha value is -0.820. The molecule has 0 spiro atoms. The van der Waals surface area contributed by atoms with Crippen LogP contribution in [0.4, 0.5) is 0 Å². The third-order valence-electron chi connectivity index (χ3n) is 5.02. The van der Waals surface area contributed by atoms with Crippen LogP contribution in [0.2, 0.25) is 0 Å². The first kappa shape index (κ1) is 15.6. The van der Waals surface area contributed by atoms with Crippen LogP contribution >= 0.6 is 0 Å². The molecule has 1 nitrogen and oxygen atoms in total. The average molecular weight is 273 g/mol. The largest absolute Gasteiger partial charge is 0.316 e. The minimum Gasteiger partial charge on any atom is -0.316 e. The molecule has 0 aromatic heterocycles. The molecular formula is C19H31N. The maximum absolute atomic E-state index is 3.66. The van der Waals surface area contributed by atoms with Gasteiger partial charge in [0.25, 0.3) is 0 Å². The van der Waals surface area contributed by atoms with Gasteiger partial charge in [0.1, 0.15) is 0 Å². The molecule has 0 heterocycles. The van der Waals surface area contributed by atoms with Gasteiger partial charge >= 0.3 is 0 Å². The zero-order chi connectivity index (χ0) is 14.6. The van der Waals surface area contributed by atoms with Crippen molar-refractivity contribution in [3.63, 3.8) is 0 Å². The van der Waals surface area contributed by atoms with E-state index in [2.05, 4.69) is 57.4 Å². The molecule has 1 unspecified atom stereocenters. The van der Waals surface area contributed by atoms with Gasteiger partial charge in [-0.25, -0.2) is 0 Å². The van der Waals surface area contributed by atoms with Crippen LogP contribution in [-0.2, 0) is 6.42 Å². The molecule has 1 fully saturated rings. The molecule has 20 heavy (non-hydrogen) atoms. The van der Waals surface area contributed by atoms with Crippen LogP contribution in [0.3, 0.4) is 0 Å². The second-order valence-electron chi connectivity index (χ2n) is 7.20. The fourth-order valence-corrected chi connectivity index (χ4v) is 4.29. The maximum atomic E-state index is 3.66. The van der Waals surface area contributed by atoms with Gasteiger partial charge in [-0.2, -0.15) is 0 Å². The molecule has 1 heteroatoms. The summed E-state index contributed by atoms with van der Waals surface area (Å²) in [6.45, 7) is 6.94. The highest BCUT2D eigenvalue weighted by Crippen LogP contribution is 2.46. The fourth-order valence-electron chi connectivity index (χ4n) is 4.29. The van der Waals surface area contributed by atoms with E-state index in [0.29, 0.717) is 11.5 Å². The molecule has 2 rings (SSSR count). The van der Waals surface area contributed by atoms with Gasteiger partial charge < -0.3 is 5.32 Å². The summed E-state index contributed by atoms with van der Waals surface area (Å²) >= 11 is 0. The minimum atomic E-state index is 0.520. The Labute approximate surface area is 125 Å². The van der Waals surface area contributed by atoms with Crippen LogP contribution in [0, 0.1) is 18.3 Å². The third kappa shape index (κ3) is 3.63. The molecule has 0 amide bonds. The summed E-state index contributed by atoms with van der Waals surface area (Å²) in [4.78, 5) is 0. The van der Waals surface area contributed by atoms with Crippen molar-refractivity contribution in [2.45, 2.75) is 65.3 Å². The zero-order valence-electron chi connectivity index (χ0n) is 13.7. The minimum absolute atomic E-state index is 0.520. The summed E-state index contributed by atoms with van der Waals surface area (Å²) in [7, 11) is 2.15. The smallest absolute Gasteiger partial charge is 0.0161 e. The maximum Gasteiger partial charge on any atom is 0.0161 e. The van der Waals surface area contributed by atoms with Crippen molar-refractivity contribution >= 4 is 0 Å². The van der Waals surface area contributed by atoms with Gasteiger partial charge in [0.15, 0.2) is 0 Å². The van der Waals surface area contributed by atoms with Crippen molar-refractivity contribution in [1.29, 1.82) is 0 Å². The van der Waals surface area contributed by atoms with Crippen LogP contribution in [0.1, 0.15) is 57.1 Å². The quantitative estimate of drug-likeness (QED) is 0.790. The molecule has 0 saturated heterocycles. The molecule has 0 radical (unpaired) electrons. The zero-order valence-corrected chi connectivity index (χ0v) is 13.7. The van der Waals surface area contributed by atoms with Gasteiger partial charge in [-0.1, -0.05) is 56.5 Å². The van der Waals surface area contributed by atoms with Gasteiger partial charge in [-0.3, -0.25) is 0 Å². The highest BCUT2D eigenvalue weighted by Gasteiger charge is 2.40. The van der Waals surface area contributed by atoms with Gasteiger partial charge in [0, 0.05) is 6.04 Å². The lowest BCUT2D eigenvalue weighted by atomic mass is 9.71. The van der Waals surface area contributed by atoms with E-state index >= 15 is 0 Å². The second kappa shape index (κ2) is 6.76. The normalized spacial score (nSPS) is 19.4. The highest BCUT2D eigenvalue weighted by atomic mass is 14.9. The fraction of sp³-hybridized carbons (Fsp3) is 0.684. The lowest BCUT2D eigenvalue weighted by Crippen LogP contribution is -2.44. The van der Waals surface area contributed by atoms with Crippen LogP contribution in [0.25, 0.3) is 0 Å². The highest BCUT2D eigenvalue weighted by molar-refractivity contribution is 5.23. The lowest BCUT2D eigenvalue weighted by Gasteiger charge is -2.39. The molecule has 112 valence electrons. The van der Waals surface area contributed by atoms with E-state index < -0.39 is 0 Å². The van der Waals surface area contributed by atoms with E-state index in [9.17, 15) is 0 Å². The van der Waals surface area contributed by atoms with Crippen molar-refractivity contribution in [2.24, 2.45) is 11.3 Å². The van der Waals surface area contributed by atoms with Crippen molar-refractivity contribution in [3.05, 3.63) is 35.4 Å². The van der Waals surface area contributed by atoms with E-state index in [1.807, 2.05) is 0 Å². The molecule has 1 saturated carbocycles. The van der Waals surface area contributed by atoms with Crippen LogP contribution in [0.5, 0.6) is 0 Å². The van der Waals surface area contributed by atoms with E-state index in [0.717, 1.165) is 5.92 Å². The molecule has 1 aliphatic rings. The van der Waals surface area contributed by atoms with Gasteiger partial charge in [-0.15, -0.1) is 0 Å². The summed E-state index contributed by atoms with van der Waals surface area (Å²) < 4.78 is 0. The number of likely N-dealkylation sites (N-methyl/N-ethyl adjacent to an activating group) is 1. The molecular weight excluding hydrogens is 242 g/mol. The predicted octanol–water partition coefficient (Wildman–Crippen LogP) is 4.73. The monoisotopic (exact) mass is 273 g/mol. The molecule has 1 aromatic carbocycles. The van der Waals surface area contributed by atoms with Crippen LogP contribution in [0.15, 0.2) is 24.3 Å². The number of aryl methyl sites for hydroxylation is 1. The first-order chi connectivity index (χ1) is 9.55. The first-order valence-electron chi connectivity index (χ1n) is 8.28. The Morgan fingerprint density at radius 2 is 1.90 bits per heavy atom. The first-order valence-corrected chi connectivity index (χ1v) is 8.28. The summed E-state index contributed by atoms with van der Waals surface area (Å²) in [5.74, 6) is 0.793. The predicted molar refractivity (Wildman–Crippen MR) is 88.1 cm³/mol. The van der Waals surface area contributed by atoms with E-state index in [1.165, 1.54) is 49.7 Å². The van der Waals surface area contributed by atoms with Gasteiger partial charge in [-0.05, 0) is 56.6 Å². The summed E-state index contributed by atoms with van der Waals surface area (Å²) in [5.41, 5.74) is 3.38. The van der Waals surface area contributed by atoms with E-state index in [-0.39, 0.29) is 0 Å². The van der Waals surface area contributed by atoms with E-state index in [4.69, 9.17) is 0 Å². The summed E-state index contributed by atoms with van der Waals surface area (Å²) in [6.07, 6.45) is 8.18. The van der Waals surface area contributed by atoms with Crippen molar-refractivity contribution in [1.82, 2.24) is 5.32 Å². The number of hydrogen-bond acceptors (Lipinski definition) is 1. The Bertz CT molecular complexity index is 416.